The minimum absolute atomic E-state index is 0.0936. The second-order valence-electron chi connectivity index (χ2n) is 7.43. The highest BCUT2D eigenvalue weighted by atomic mass is 16.6. The van der Waals surface area contributed by atoms with Gasteiger partial charge in [0.1, 0.15) is 17.6 Å². The maximum absolute atomic E-state index is 12.4. The van der Waals surface area contributed by atoms with E-state index >= 15 is 0 Å². The Balaban J connectivity index is 2.29. The normalized spacial score (nSPS) is 21.2. The molecule has 1 heterocycles. The number of allylic oxidation sites excluding steroid dienone is 2. The van der Waals surface area contributed by atoms with Crippen molar-refractivity contribution in [2.45, 2.75) is 12.8 Å². The first-order valence-corrected chi connectivity index (χ1v) is 9.98. The number of methoxy groups -OCH3 is 2. The smallest absolute Gasteiger partial charge is 0.410 e. The molecule has 164 valence electrons. The van der Waals surface area contributed by atoms with E-state index in [9.17, 15) is 20.6 Å². The van der Waals surface area contributed by atoms with Crippen LogP contribution in [0.1, 0.15) is 18.4 Å². The van der Waals surface area contributed by atoms with Gasteiger partial charge < -0.3 is 24.8 Å². The maximum atomic E-state index is 12.4. The molecule has 0 fully saturated rings. The van der Waals surface area contributed by atoms with E-state index in [1.165, 1.54) is 19.1 Å². The summed E-state index contributed by atoms with van der Waals surface area (Å²) >= 11 is 0. The van der Waals surface area contributed by atoms with Crippen LogP contribution in [0.25, 0.3) is 0 Å². The van der Waals surface area contributed by atoms with E-state index in [1.54, 1.807) is 31.2 Å². The summed E-state index contributed by atoms with van der Waals surface area (Å²) in [6.45, 7) is 2.30. The molecule has 0 bridgehead atoms. The molecule has 0 radical (unpaired) electrons. The number of ether oxygens (including phenoxy) is 3. The molecule has 0 unspecified atom stereocenters. The van der Waals surface area contributed by atoms with E-state index in [4.69, 9.17) is 19.9 Å². The van der Waals surface area contributed by atoms with Crippen molar-refractivity contribution >= 4 is 6.09 Å². The van der Waals surface area contributed by atoms with Crippen LogP contribution in [0.2, 0.25) is 0 Å². The van der Waals surface area contributed by atoms with Gasteiger partial charge in [-0.15, -0.1) is 0 Å². The minimum atomic E-state index is -1.83. The fraction of sp³-hybridized carbons (Fsp3) is 0.391. The molecule has 2 atom stereocenters. The average Bonchev–Trinajstić information content (AvgIpc) is 2.82. The molecule has 0 saturated heterocycles. The van der Waals surface area contributed by atoms with E-state index in [1.807, 2.05) is 0 Å². The van der Waals surface area contributed by atoms with Crippen molar-refractivity contribution in [3.05, 3.63) is 46.7 Å². The van der Waals surface area contributed by atoms with Gasteiger partial charge in [0.25, 0.3) is 0 Å². The molecule has 0 saturated carbocycles. The Labute approximate surface area is 186 Å². The van der Waals surface area contributed by atoms with Crippen LogP contribution < -0.4 is 15.2 Å². The number of benzene rings is 1. The Morgan fingerprint density at radius 2 is 1.81 bits per heavy atom. The summed E-state index contributed by atoms with van der Waals surface area (Å²) in [6.07, 6.45) is 1.23. The predicted molar refractivity (Wildman–Crippen MR) is 113 cm³/mol. The third-order valence-corrected chi connectivity index (χ3v) is 5.92. The predicted octanol–water partition coefficient (Wildman–Crippen LogP) is 2.59. The van der Waals surface area contributed by atoms with Crippen LogP contribution in [0.5, 0.6) is 11.5 Å². The fourth-order valence-electron chi connectivity index (χ4n) is 4.43. The molecule has 1 amide bonds. The molecule has 9 nitrogen and oxygen atoms in total. The van der Waals surface area contributed by atoms with Gasteiger partial charge >= 0.3 is 6.09 Å². The van der Waals surface area contributed by atoms with Gasteiger partial charge in [-0.2, -0.15) is 15.8 Å². The highest BCUT2D eigenvalue weighted by molar-refractivity contribution is 5.69. The van der Waals surface area contributed by atoms with E-state index in [0.29, 0.717) is 22.6 Å². The van der Waals surface area contributed by atoms with Gasteiger partial charge in [-0.3, -0.25) is 0 Å². The van der Waals surface area contributed by atoms with Gasteiger partial charge in [-0.05, 0) is 30.2 Å². The molecule has 0 aromatic heterocycles. The quantitative estimate of drug-likeness (QED) is 0.762. The lowest BCUT2D eigenvalue weighted by atomic mass is 9.58. The van der Waals surface area contributed by atoms with Crippen LogP contribution in [0, 0.1) is 45.3 Å². The second kappa shape index (κ2) is 8.91. The summed E-state index contributed by atoms with van der Waals surface area (Å²) in [5.74, 6) is -0.393. The van der Waals surface area contributed by atoms with Crippen LogP contribution in [0.15, 0.2) is 41.1 Å². The summed E-state index contributed by atoms with van der Waals surface area (Å²) in [5, 5.41) is 30.2. The van der Waals surface area contributed by atoms with Gasteiger partial charge in [0, 0.05) is 31.0 Å². The summed E-state index contributed by atoms with van der Waals surface area (Å²) in [4.78, 5) is 13.9. The first-order chi connectivity index (χ1) is 15.4. The fourth-order valence-corrected chi connectivity index (χ4v) is 4.43. The molecule has 1 aliphatic carbocycles. The number of nitriles is 3. The average molecular weight is 433 g/mol. The van der Waals surface area contributed by atoms with Crippen molar-refractivity contribution in [3.63, 3.8) is 0 Å². The monoisotopic (exact) mass is 433 g/mol. The molecule has 1 aromatic carbocycles. The van der Waals surface area contributed by atoms with Crippen molar-refractivity contribution in [1.82, 2.24) is 4.90 Å². The number of nitrogens with zero attached hydrogens (tertiary/aromatic N) is 4. The summed E-state index contributed by atoms with van der Waals surface area (Å²) < 4.78 is 15.9. The summed E-state index contributed by atoms with van der Waals surface area (Å²) in [6, 6.07) is 11.3. The van der Waals surface area contributed by atoms with Crippen molar-refractivity contribution in [1.29, 1.82) is 15.8 Å². The van der Waals surface area contributed by atoms with Gasteiger partial charge in [-0.1, -0.05) is 6.08 Å². The van der Waals surface area contributed by atoms with E-state index in [2.05, 4.69) is 18.2 Å². The number of hydrogen-bond acceptors (Lipinski definition) is 8. The number of hydrogen-bond donors (Lipinski definition) is 1. The van der Waals surface area contributed by atoms with Crippen LogP contribution in [-0.4, -0.2) is 44.9 Å². The van der Waals surface area contributed by atoms with Gasteiger partial charge in [0.2, 0.25) is 0 Å². The van der Waals surface area contributed by atoms with E-state index < -0.39 is 23.3 Å². The number of amides is 1. The van der Waals surface area contributed by atoms with Crippen molar-refractivity contribution in [2.75, 3.05) is 33.9 Å². The first kappa shape index (κ1) is 22.5. The number of carbonyl (C=O) groups excluding carboxylic acids is 1. The molecule has 0 spiro atoms. The molecule has 2 aliphatic rings. The summed E-state index contributed by atoms with van der Waals surface area (Å²) in [7, 11) is 3.00. The van der Waals surface area contributed by atoms with Gasteiger partial charge in [0.15, 0.2) is 5.41 Å². The third kappa shape index (κ3) is 3.46. The minimum Gasteiger partial charge on any atom is -0.497 e. The SMILES string of the molecule is CCOC(=O)N1CC=C2C(C#N)=C(N)C(C#N)(C#N)[C@@H](c3cc(OC)cc(OC)c3)[C@@H]2C1. The zero-order valence-corrected chi connectivity index (χ0v) is 18.1. The number of fused-ring (bicyclic) bond motifs is 1. The number of rotatable bonds is 4. The van der Waals surface area contributed by atoms with Crippen molar-refractivity contribution in [2.24, 2.45) is 17.1 Å². The van der Waals surface area contributed by atoms with Gasteiger partial charge in [-0.25, -0.2) is 4.79 Å². The zero-order chi connectivity index (χ0) is 23.5. The lowest BCUT2D eigenvalue weighted by Crippen LogP contribution is -2.49. The van der Waals surface area contributed by atoms with Crippen LogP contribution in [0.4, 0.5) is 4.79 Å². The zero-order valence-electron chi connectivity index (χ0n) is 18.1. The van der Waals surface area contributed by atoms with Crippen LogP contribution in [-0.2, 0) is 4.74 Å². The molecule has 9 heteroatoms. The molecule has 2 N–H and O–H groups in total. The molecule has 32 heavy (non-hydrogen) atoms. The number of carbonyl (C=O) groups is 1. The lowest BCUT2D eigenvalue weighted by molar-refractivity contribution is 0.0999. The summed E-state index contributed by atoms with van der Waals surface area (Å²) in [5.41, 5.74) is 5.68. The molecular formula is C23H23N5O4. The van der Waals surface area contributed by atoms with E-state index in [-0.39, 0.29) is 31.0 Å². The largest absolute Gasteiger partial charge is 0.497 e. The molecule has 1 aliphatic heterocycles. The molecular weight excluding hydrogens is 410 g/mol. The highest BCUT2D eigenvalue weighted by Gasteiger charge is 2.55. The van der Waals surface area contributed by atoms with E-state index in [0.717, 1.165) is 0 Å². The van der Waals surface area contributed by atoms with Crippen molar-refractivity contribution < 1.29 is 19.0 Å². The Hall–Kier alpha value is -4.16. The van der Waals surface area contributed by atoms with Crippen LogP contribution >= 0.6 is 0 Å². The standard InChI is InChI=1S/C23H23N5O4/c1-4-32-22(29)28-6-5-17-18(10-24)21(27)23(12-25,13-26)20(19(17)11-28)14-7-15(30-2)9-16(8-14)31-3/h5,7-9,19-20H,4,6,11,27H2,1-3H3/t19-,20+/m1/s1. The first-order valence-electron chi connectivity index (χ1n) is 9.98. The second-order valence-corrected chi connectivity index (χ2v) is 7.43. The van der Waals surface area contributed by atoms with Crippen molar-refractivity contribution in [3.8, 4) is 29.7 Å². The Kier molecular flexibility index (Phi) is 6.27. The Bertz CT molecular complexity index is 1080. The van der Waals surface area contributed by atoms with Crippen LogP contribution in [0.3, 0.4) is 0 Å². The maximum Gasteiger partial charge on any atom is 0.410 e. The third-order valence-electron chi connectivity index (χ3n) is 5.92. The molecule has 3 rings (SSSR count). The Morgan fingerprint density at radius 3 is 2.31 bits per heavy atom. The molecule has 1 aromatic rings. The van der Waals surface area contributed by atoms with Gasteiger partial charge in [0.05, 0.1) is 44.2 Å². The topological polar surface area (TPSA) is 145 Å². The highest BCUT2D eigenvalue weighted by Crippen LogP contribution is 2.54. The lowest BCUT2D eigenvalue weighted by Gasteiger charge is -2.45. The Morgan fingerprint density at radius 1 is 1.19 bits per heavy atom. The number of nitrogens with two attached hydrogens (primary N) is 1.